The average molecular weight is 438 g/mol. The lowest BCUT2D eigenvalue weighted by atomic mass is 10.0. The van der Waals surface area contributed by atoms with Crippen molar-refractivity contribution >= 4 is 12.3 Å². The predicted molar refractivity (Wildman–Crippen MR) is 127 cm³/mol. The fraction of sp³-hybridized carbons (Fsp3) is 0.200. The second-order valence-electron chi connectivity index (χ2n) is 6.64. The van der Waals surface area contributed by atoms with Gasteiger partial charge in [0.2, 0.25) is 0 Å². The number of aldehydes is 1. The van der Waals surface area contributed by atoms with E-state index >= 15 is 0 Å². The van der Waals surface area contributed by atoms with E-state index in [4.69, 9.17) is 27.0 Å². The molecule has 0 saturated carbocycles. The minimum atomic E-state index is -0.990. The molecule has 0 aliphatic carbocycles. The number of benzene rings is 3. The van der Waals surface area contributed by atoms with Crippen molar-refractivity contribution in [2.24, 2.45) is 17.2 Å². The summed E-state index contributed by atoms with van der Waals surface area (Å²) in [4.78, 5) is 20.4. The molecule has 7 heteroatoms. The SMILES string of the molecule is COc1ccccc1CN.NCC[C@H](N)C(=O)O.O=Cc1ccc(-c2ccccc2)cc1. The van der Waals surface area contributed by atoms with Crippen molar-refractivity contribution in [3.63, 3.8) is 0 Å². The standard InChI is InChI=1S/C13H10O.C8H11NO.C4H10N2O2/c14-10-11-6-8-13(9-7-11)12-4-2-1-3-5-12;1-10-8-5-3-2-4-7(8)6-9;5-2-1-3(6)4(7)8/h1-10H;2-5H,6,9H2,1H3;3H,1-2,5-6H2,(H,7,8)/t;;3-/m..0/s1. The van der Waals surface area contributed by atoms with Gasteiger partial charge in [-0.25, -0.2) is 0 Å². The summed E-state index contributed by atoms with van der Waals surface area (Å²) in [5.41, 5.74) is 19.6. The fourth-order valence-corrected chi connectivity index (χ4v) is 2.56. The van der Waals surface area contributed by atoms with E-state index in [0.29, 0.717) is 25.1 Å². The van der Waals surface area contributed by atoms with Gasteiger partial charge in [-0.05, 0) is 30.2 Å². The first kappa shape index (κ1) is 26.5. The highest BCUT2D eigenvalue weighted by Gasteiger charge is 2.08. The molecular weight excluding hydrogens is 406 g/mol. The molecule has 0 heterocycles. The number of carbonyl (C=O) groups excluding carboxylic acids is 1. The van der Waals surface area contributed by atoms with Crippen molar-refractivity contribution in [3.05, 3.63) is 90.0 Å². The molecule has 0 radical (unpaired) electrons. The van der Waals surface area contributed by atoms with Crippen LogP contribution in [0.1, 0.15) is 22.3 Å². The van der Waals surface area contributed by atoms with Crippen LogP contribution in [0.3, 0.4) is 0 Å². The maximum atomic E-state index is 10.5. The molecule has 7 nitrogen and oxygen atoms in total. The molecule has 0 fully saturated rings. The normalized spacial score (nSPS) is 10.5. The third kappa shape index (κ3) is 9.53. The van der Waals surface area contributed by atoms with Gasteiger partial charge in [0.15, 0.2) is 0 Å². The van der Waals surface area contributed by atoms with Crippen LogP contribution < -0.4 is 21.9 Å². The number of carboxylic acids is 1. The molecule has 0 saturated heterocycles. The highest BCUT2D eigenvalue weighted by molar-refractivity contribution is 5.76. The van der Waals surface area contributed by atoms with Gasteiger partial charge < -0.3 is 27.0 Å². The smallest absolute Gasteiger partial charge is 0.320 e. The molecule has 3 aromatic rings. The largest absolute Gasteiger partial charge is 0.496 e. The van der Waals surface area contributed by atoms with Crippen molar-refractivity contribution in [1.29, 1.82) is 0 Å². The molecule has 0 aliphatic heterocycles. The minimum absolute atomic E-state index is 0.327. The highest BCUT2D eigenvalue weighted by atomic mass is 16.5. The second kappa shape index (κ2) is 15.3. The van der Waals surface area contributed by atoms with Crippen molar-refractivity contribution in [2.75, 3.05) is 13.7 Å². The molecule has 0 unspecified atom stereocenters. The van der Waals surface area contributed by atoms with Crippen LogP contribution in [-0.2, 0) is 11.3 Å². The minimum Gasteiger partial charge on any atom is -0.496 e. The van der Waals surface area contributed by atoms with Crippen LogP contribution in [0.2, 0.25) is 0 Å². The number of aliphatic carboxylic acids is 1. The molecular formula is C25H31N3O4. The molecule has 1 atom stereocenters. The van der Waals surface area contributed by atoms with Crippen LogP contribution in [0.15, 0.2) is 78.9 Å². The first-order valence-electron chi connectivity index (χ1n) is 10.1. The number of hydrogen-bond donors (Lipinski definition) is 4. The second-order valence-corrected chi connectivity index (χ2v) is 6.64. The van der Waals surface area contributed by atoms with Crippen molar-refractivity contribution in [3.8, 4) is 16.9 Å². The van der Waals surface area contributed by atoms with Gasteiger partial charge in [0.25, 0.3) is 0 Å². The Morgan fingerprint density at radius 2 is 1.50 bits per heavy atom. The molecule has 32 heavy (non-hydrogen) atoms. The van der Waals surface area contributed by atoms with Gasteiger partial charge >= 0.3 is 5.97 Å². The zero-order chi connectivity index (χ0) is 23.8. The van der Waals surface area contributed by atoms with Gasteiger partial charge in [0, 0.05) is 17.7 Å². The summed E-state index contributed by atoms with van der Waals surface area (Å²) in [5.74, 6) is -0.125. The maximum absolute atomic E-state index is 10.5. The Bertz CT molecular complexity index is 908. The average Bonchev–Trinajstić information content (AvgIpc) is 2.85. The van der Waals surface area contributed by atoms with Gasteiger partial charge in [0.1, 0.15) is 18.1 Å². The van der Waals surface area contributed by atoms with E-state index < -0.39 is 12.0 Å². The Kier molecular flexibility index (Phi) is 12.7. The van der Waals surface area contributed by atoms with E-state index in [9.17, 15) is 9.59 Å². The number of carbonyl (C=O) groups is 2. The number of para-hydroxylation sites is 1. The Morgan fingerprint density at radius 1 is 0.938 bits per heavy atom. The third-order valence-corrected chi connectivity index (χ3v) is 4.36. The summed E-state index contributed by atoms with van der Waals surface area (Å²) in [6, 6.07) is 24.6. The zero-order valence-electron chi connectivity index (χ0n) is 18.2. The number of nitrogens with two attached hydrogens (primary N) is 3. The molecule has 3 rings (SSSR count). The Hall–Kier alpha value is -3.52. The first-order chi connectivity index (χ1) is 15.5. The molecule has 0 aliphatic rings. The van der Waals surface area contributed by atoms with E-state index in [2.05, 4.69) is 12.1 Å². The topological polar surface area (TPSA) is 142 Å². The van der Waals surface area contributed by atoms with E-state index in [1.165, 1.54) is 5.56 Å². The summed E-state index contributed by atoms with van der Waals surface area (Å²) in [7, 11) is 1.65. The molecule has 0 amide bonds. The number of hydrogen-bond acceptors (Lipinski definition) is 6. The van der Waals surface area contributed by atoms with Crippen molar-refractivity contribution in [1.82, 2.24) is 0 Å². The van der Waals surface area contributed by atoms with E-state index in [-0.39, 0.29) is 0 Å². The van der Waals surface area contributed by atoms with Gasteiger partial charge in [0.05, 0.1) is 7.11 Å². The Labute approximate surface area is 188 Å². The Morgan fingerprint density at radius 3 is 1.94 bits per heavy atom. The summed E-state index contributed by atoms with van der Waals surface area (Å²) in [6.45, 7) is 0.859. The van der Waals surface area contributed by atoms with Gasteiger partial charge in [-0.1, -0.05) is 72.8 Å². The summed E-state index contributed by atoms with van der Waals surface area (Å²) in [6.07, 6.45) is 1.20. The number of rotatable bonds is 7. The summed E-state index contributed by atoms with van der Waals surface area (Å²) >= 11 is 0. The third-order valence-electron chi connectivity index (χ3n) is 4.36. The lowest BCUT2D eigenvalue weighted by Crippen LogP contribution is -2.32. The molecule has 0 spiro atoms. The number of ether oxygens (including phenoxy) is 1. The van der Waals surface area contributed by atoms with Crippen molar-refractivity contribution in [2.45, 2.75) is 19.0 Å². The lowest BCUT2D eigenvalue weighted by Gasteiger charge is -2.03. The van der Waals surface area contributed by atoms with E-state index in [0.717, 1.165) is 23.2 Å². The van der Waals surface area contributed by atoms with Crippen LogP contribution in [0, 0.1) is 0 Å². The van der Waals surface area contributed by atoms with E-state index in [1.807, 2.05) is 66.7 Å². The van der Waals surface area contributed by atoms with Gasteiger partial charge in [-0.15, -0.1) is 0 Å². The summed E-state index contributed by atoms with van der Waals surface area (Å²) in [5, 5.41) is 8.13. The first-order valence-corrected chi connectivity index (χ1v) is 10.1. The predicted octanol–water partition coefficient (Wildman–Crippen LogP) is 3.07. The van der Waals surface area contributed by atoms with Crippen LogP contribution in [-0.4, -0.2) is 37.1 Å². The molecule has 170 valence electrons. The lowest BCUT2D eigenvalue weighted by molar-refractivity contribution is -0.138. The van der Waals surface area contributed by atoms with Crippen LogP contribution in [0.25, 0.3) is 11.1 Å². The summed E-state index contributed by atoms with van der Waals surface area (Å²) < 4.78 is 5.06. The molecule has 0 bridgehead atoms. The molecule has 3 aromatic carbocycles. The monoisotopic (exact) mass is 437 g/mol. The quantitative estimate of drug-likeness (QED) is 0.416. The maximum Gasteiger partial charge on any atom is 0.320 e. The fourth-order valence-electron chi connectivity index (χ4n) is 2.56. The number of methoxy groups -OCH3 is 1. The van der Waals surface area contributed by atoms with Crippen LogP contribution in [0.4, 0.5) is 0 Å². The van der Waals surface area contributed by atoms with Crippen LogP contribution >= 0.6 is 0 Å². The van der Waals surface area contributed by atoms with Crippen LogP contribution in [0.5, 0.6) is 5.75 Å². The molecule has 7 N–H and O–H groups in total. The van der Waals surface area contributed by atoms with Gasteiger partial charge in [-0.3, -0.25) is 9.59 Å². The zero-order valence-corrected chi connectivity index (χ0v) is 18.2. The highest BCUT2D eigenvalue weighted by Crippen LogP contribution is 2.18. The van der Waals surface area contributed by atoms with E-state index in [1.54, 1.807) is 7.11 Å². The van der Waals surface area contributed by atoms with Crippen molar-refractivity contribution < 1.29 is 19.4 Å². The molecule has 0 aromatic heterocycles. The van der Waals surface area contributed by atoms with Gasteiger partial charge in [-0.2, -0.15) is 0 Å². The number of carboxylic acid groups (broad SMARTS) is 1. The Balaban J connectivity index is 0.000000253.